The van der Waals surface area contributed by atoms with Gasteiger partial charge in [-0.25, -0.2) is 4.79 Å². The molecule has 0 aromatic rings. The second-order valence-corrected chi connectivity index (χ2v) is 2.51. The highest BCUT2D eigenvalue weighted by molar-refractivity contribution is 6.27. The van der Waals surface area contributed by atoms with Crippen LogP contribution in [0.4, 0.5) is 0 Å². The van der Waals surface area contributed by atoms with Crippen molar-refractivity contribution in [1.82, 2.24) is 0 Å². The summed E-state index contributed by atoms with van der Waals surface area (Å²) < 4.78 is 16.2. The van der Waals surface area contributed by atoms with Gasteiger partial charge in [0, 0.05) is 13.2 Å². The molecule has 0 saturated heterocycles. The number of ether oxygens (including phenoxy) is 1. The van der Waals surface area contributed by atoms with Gasteiger partial charge in [-0.2, -0.15) is 0 Å². The van der Waals surface area contributed by atoms with Crippen molar-refractivity contribution in [3.63, 3.8) is 0 Å². The molecule has 0 rings (SSSR count). The van der Waals surface area contributed by atoms with Crippen molar-refractivity contribution in [2.24, 2.45) is 0 Å². The Morgan fingerprint density at radius 2 is 2.78 bits per heavy atom. The van der Waals surface area contributed by atoms with E-state index < -0.39 is 21.9 Å². The van der Waals surface area contributed by atoms with Crippen molar-refractivity contribution in [2.75, 3.05) is 13.3 Å². The van der Waals surface area contributed by atoms with Gasteiger partial charge in [0.2, 0.25) is 9.76 Å². The number of carbonyl (C=O) groups excluding carboxylic acids is 1. The third-order valence-electron chi connectivity index (χ3n) is 0.601. The van der Waals surface area contributed by atoms with Gasteiger partial charge >= 0.3 is 5.97 Å². The van der Waals surface area contributed by atoms with Crippen molar-refractivity contribution < 1.29 is 15.3 Å². The van der Waals surface area contributed by atoms with Crippen LogP contribution in [-0.4, -0.2) is 29.0 Å². The normalized spacial score (nSPS) is 15.0. The van der Waals surface area contributed by atoms with Crippen molar-refractivity contribution in [1.29, 1.82) is 0 Å². The van der Waals surface area contributed by atoms with Crippen LogP contribution in [0.5, 0.6) is 0 Å². The average molecular weight is 148 g/mol. The SMILES string of the molecule is [3H]C(OC(=O)C=C)[SiH2]OC. The maximum Gasteiger partial charge on any atom is 0.329 e. The lowest BCUT2D eigenvalue weighted by Gasteiger charge is -1.97. The van der Waals surface area contributed by atoms with Crippen molar-refractivity contribution >= 4 is 15.7 Å². The van der Waals surface area contributed by atoms with Crippen LogP contribution in [-0.2, 0) is 14.0 Å². The molecular weight excluding hydrogens is 136 g/mol. The maximum atomic E-state index is 10.4. The lowest BCUT2D eigenvalue weighted by molar-refractivity contribution is -0.136. The molecule has 0 aromatic heterocycles. The van der Waals surface area contributed by atoms with Gasteiger partial charge in [-0.3, -0.25) is 0 Å². The highest BCUT2D eigenvalue weighted by Crippen LogP contribution is 1.76. The van der Waals surface area contributed by atoms with E-state index in [1.807, 2.05) is 0 Å². The fourth-order valence-electron chi connectivity index (χ4n) is 0.232. The summed E-state index contributed by atoms with van der Waals surface area (Å²) in [5.41, 5.74) is 0. The second-order valence-electron chi connectivity index (χ2n) is 1.26. The third-order valence-corrected chi connectivity index (χ3v) is 1.24. The van der Waals surface area contributed by atoms with Gasteiger partial charge in [0.1, 0.15) is 6.21 Å². The van der Waals surface area contributed by atoms with Crippen molar-refractivity contribution in [3.05, 3.63) is 12.7 Å². The first-order chi connectivity index (χ1) is 4.70. The molecule has 0 aliphatic carbocycles. The zero-order chi connectivity index (χ0) is 7.98. The monoisotopic (exact) mass is 148 g/mol. The van der Waals surface area contributed by atoms with Gasteiger partial charge in [0.25, 0.3) is 0 Å². The predicted molar refractivity (Wildman–Crippen MR) is 36.7 cm³/mol. The molecule has 3 nitrogen and oxygen atoms in total. The van der Waals surface area contributed by atoms with Gasteiger partial charge in [0.05, 0.1) is 1.37 Å². The molecule has 0 aliphatic heterocycles. The van der Waals surface area contributed by atoms with E-state index >= 15 is 0 Å². The van der Waals surface area contributed by atoms with E-state index in [0.717, 1.165) is 6.08 Å². The first-order valence-electron chi connectivity index (χ1n) is 3.02. The summed E-state index contributed by atoms with van der Waals surface area (Å²) in [6, 6.07) is 0. The minimum Gasteiger partial charge on any atom is -0.464 e. The zero-order valence-corrected chi connectivity index (χ0v) is 6.71. The van der Waals surface area contributed by atoms with Gasteiger partial charge in [0.15, 0.2) is 0 Å². The fraction of sp³-hybridized carbons (Fsp3) is 0.400. The summed E-state index contributed by atoms with van der Waals surface area (Å²) in [5.74, 6) is -0.565. The van der Waals surface area contributed by atoms with E-state index in [9.17, 15) is 4.79 Å². The Morgan fingerprint density at radius 3 is 3.22 bits per heavy atom. The highest BCUT2D eigenvalue weighted by atomic mass is 28.2. The zero-order valence-electron chi connectivity index (χ0n) is 6.29. The van der Waals surface area contributed by atoms with E-state index in [2.05, 4.69) is 15.7 Å². The quantitative estimate of drug-likeness (QED) is 0.303. The number of hydrogen-bond donors (Lipinski definition) is 0. The van der Waals surface area contributed by atoms with Crippen LogP contribution in [0.25, 0.3) is 0 Å². The average Bonchev–Trinajstić information content (AvgIpc) is 1.88. The lowest BCUT2D eigenvalue weighted by atomic mass is 10.7. The van der Waals surface area contributed by atoms with E-state index in [-0.39, 0.29) is 0 Å². The summed E-state index contributed by atoms with van der Waals surface area (Å²) in [5, 5.41) is 0. The molecule has 0 spiro atoms. The highest BCUT2D eigenvalue weighted by Gasteiger charge is 1.92. The first-order valence-corrected chi connectivity index (χ1v) is 3.84. The van der Waals surface area contributed by atoms with Crippen LogP contribution >= 0.6 is 0 Å². The van der Waals surface area contributed by atoms with Crippen LogP contribution in [0.3, 0.4) is 0 Å². The number of carbonyl (C=O) groups is 1. The van der Waals surface area contributed by atoms with Gasteiger partial charge in [-0.15, -0.1) is 0 Å². The molecule has 0 radical (unpaired) electrons. The van der Waals surface area contributed by atoms with Crippen LogP contribution in [0.1, 0.15) is 1.37 Å². The number of hydrogen-bond acceptors (Lipinski definition) is 3. The largest absolute Gasteiger partial charge is 0.464 e. The standard InChI is InChI=1S/C5H10O3Si/c1-3-5(6)8-4-9-7-2/h3H,1,4,9H2,2H3/i4T. The molecule has 52 valence electrons. The Labute approximate surface area is 58.0 Å². The van der Waals surface area contributed by atoms with E-state index in [4.69, 9.17) is 1.37 Å². The molecule has 0 heterocycles. The van der Waals surface area contributed by atoms with Crippen molar-refractivity contribution in [2.45, 2.75) is 0 Å². The van der Waals surface area contributed by atoms with Crippen LogP contribution < -0.4 is 0 Å². The molecule has 0 bridgehead atoms. The first kappa shape index (κ1) is 6.51. The molecule has 0 aromatic carbocycles. The fourth-order valence-corrected chi connectivity index (χ4v) is 0.601. The summed E-state index contributed by atoms with van der Waals surface area (Å²) >= 11 is 0. The molecule has 0 fully saturated rings. The number of rotatable bonds is 4. The molecule has 9 heavy (non-hydrogen) atoms. The molecule has 4 heteroatoms. The number of esters is 1. The Balaban J connectivity index is 3.46. The Bertz CT molecular complexity index is 128. The summed E-state index contributed by atoms with van der Waals surface area (Å²) in [6.45, 7) is 3.19. The Morgan fingerprint density at radius 1 is 2.11 bits per heavy atom. The molecule has 0 saturated carbocycles. The summed E-state index contributed by atoms with van der Waals surface area (Å²) in [7, 11) is 0.465. The smallest absolute Gasteiger partial charge is 0.329 e. The summed E-state index contributed by atoms with van der Waals surface area (Å²) in [4.78, 5) is 10.4. The van der Waals surface area contributed by atoms with Gasteiger partial charge < -0.3 is 9.16 Å². The van der Waals surface area contributed by atoms with Gasteiger partial charge in [-0.05, 0) is 0 Å². The molecule has 1 atom stereocenters. The van der Waals surface area contributed by atoms with Crippen LogP contribution in [0.2, 0.25) is 0 Å². The minimum atomic E-state index is -1.03. The molecule has 0 N–H and O–H groups in total. The Hall–Kier alpha value is -0.613. The van der Waals surface area contributed by atoms with E-state index in [1.165, 1.54) is 7.11 Å². The van der Waals surface area contributed by atoms with Crippen molar-refractivity contribution in [3.8, 4) is 0 Å². The predicted octanol–water partition coefficient (Wildman–Crippen LogP) is -0.597. The molecule has 0 aliphatic rings. The van der Waals surface area contributed by atoms with Crippen LogP contribution in [0.15, 0.2) is 12.7 Å². The van der Waals surface area contributed by atoms with E-state index in [1.54, 1.807) is 0 Å². The minimum absolute atomic E-state index is 0.565. The second kappa shape index (κ2) is 5.52. The van der Waals surface area contributed by atoms with Crippen LogP contribution in [0, 0.1) is 0 Å². The van der Waals surface area contributed by atoms with Gasteiger partial charge in [-0.1, -0.05) is 6.58 Å². The van der Waals surface area contributed by atoms with E-state index in [0.29, 0.717) is 0 Å². The third kappa shape index (κ3) is 5.25. The molecule has 0 amide bonds. The lowest BCUT2D eigenvalue weighted by Crippen LogP contribution is -2.09. The molecule has 1 unspecified atom stereocenters. The summed E-state index contributed by atoms with van der Waals surface area (Å²) in [6.07, 6.45) is 0.224. The molecular formula is C5H10O3Si. The Kier molecular flexibility index (Phi) is 3.99. The topological polar surface area (TPSA) is 35.5 Å². The maximum absolute atomic E-state index is 10.4.